The molecule has 0 aromatic carbocycles. The average Bonchev–Trinajstić information content (AvgIpc) is 3.16. The van der Waals surface area contributed by atoms with Crippen molar-refractivity contribution in [1.29, 1.82) is 0 Å². The summed E-state index contributed by atoms with van der Waals surface area (Å²) in [6.07, 6.45) is 1.36. The number of hydrogen-bond donors (Lipinski definition) is 2. The Kier molecular flexibility index (Phi) is 7.68. The van der Waals surface area contributed by atoms with Crippen LogP contribution in [-0.2, 0) is 19.2 Å². The minimum Gasteiger partial charge on any atom is -0.543 e. The number of nitrogens with zero attached hydrogens (tertiary/aromatic N) is 2. The van der Waals surface area contributed by atoms with Crippen LogP contribution in [0.25, 0.3) is 0 Å². The molecule has 1 fully saturated rings. The van der Waals surface area contributed by atoms with Gasteiger partial charge in [-0.2, -0.15) is 0 Å². The molecule has 0 saturated carbocycles. The van der Waals surface area contributed by atoms with Crippen molar-refractivity contribution in [3.63, 3.8) is 0 Å². The Morgan fingerprint density at radius 3 is 2.85 bits per heavy atom. The Labute approximate surface area is 200 Å². The maximum atomic E-state index is 12.4. The van der Waals surface area contributed by atoms with Gasteiger partial charge in [0.15, 0.2) is 5.76 Å². The molecule has 1 aromatic rings. The third-order valence-corrected chi connectivity index (χ3v) is 5.21. The predicted molar refractivity (Wildman–Crippen MR) is 86.4 cm³/mol. The number of aliphatic carboxylic acids is 1. The summed E-state index contributed by atoms with van der Waals surface area (Å²) in [5.41, 5.74) is -0.304. The van der Waals surface area contributed by atoms with Gasteiger partial charge in [-0.05, 0) is 17.7 Å². The minimum absolute atomic E-state index is 0. The molecular weight excluding hydrogens is 405 g/mol. The molecule has 2 atom stereocenters. The molecule has 0 bridgehead atoms. The molecule has 0 unspecified atom stereocenters. The van der Waals surface area contributed by atoms with Gasteiger partial charge in [-0.1, -0.05) is 5.16 Å². The Hall–Kier alpha value is -1.15. The molecule has 1 saturated heterocycles. The maximum Gasteiger partial charge on any atom is 1.00 e. The van der Waals surface area contributed by atoms with Crippen LogP contribution in [0.5, 0.6) is 0 Å². The number of carbonyl (C=O) groups is 3. The van der Waals surface area contributed by atoms with Gasteiger partial charge < -0.3 is 29.6 Å². The van der Waals surface area contributed by atoms with Gasteiger partial charge in [0, 0.05) is 5.75 Å². The number of nitrogens with one attached hydrogen (secondary N) is 1. The van der Waals surface area contributed by atoms with E-state index in [9.17, 15) is 24.6 Å². The van der Waals surface area contributed by atoms with Gasteiger partial charge in [-0.25, -0.2) is 0 Å². The normalized spacial score (nSPS) is 21.8. The quantitative estimate of drug-likeness (QED) is 0.202. The number of fused-ring (bicyclic) bond motifs is 1. The van der Waals surface area contributed by atoms with E-state index >= 15 is 0 Å². The van der Waals surface area contributed by atoms with Crippen LogP contribution < -0.4 is 61.8 Å². The van der Waals surface area contributed by atoms with Crippen molar-refractivity contribution in [3.05, 3.63) is 35.4 Å². The van der Waals surface area contributed by atoms with E-state index in [2.05, 4.69) is 15.3 Å². The molecule has 2 N–H and O–H groups in total. The monoisotopic (exact) mass is 419 g/mol. The fourth-order valence-electron chi connectivity index (χ4n) is 2.71. The van der Waals surface area contributed by atoms with Gasteiger partial charge in [-0.3, -0.25) is 14.5 Å². The summed E-state index contributed by atoms with van der Waals surface area (Å²) in [7, 11) is 1.26. The number of aliphatic hydroxyl groups excluding tert-OH is 1. The first kappa shape index (κ1) is 22.1. The summed E-state index contributed by atoms with van der Waals surface area (Å²) < 4.78 is 5.12. The zero-order valence-corrected chi connectivity index (χ0v) is 18.4. The Balaban J connectivity index is 0.00000261. The molecule has 138 valence electrons. The van der Waals surface area contributed by atoms with E-state index < -0.39 is 35.8 Å². The summed E-state index contributed by atoms with van der Waals surface area (Å²) in [6, 6.07) is 2.12. The molecule has 0 radical (unpaired) electrons. The average molecular weight is 419 g/mol. The maximum absolute atomic E-state index is 12.4. The molecular formula is C15H14KN3O7S. The second-order valence-corrected chi connectivity index (χ2v) is 6.46. The van der Waals surface area contributed by atoms with Crippen molar-refractivity contribution in [2.75, 3.05) is 19.5 Å². The number of oxime groups is 1. The number of furan rings is 1. The van der Waals surface area contributed by atoms with Crippen LogP contribution in [0.3, 0.4) is 0 Å². The van der Waals surface area contributed by atoms with Gasteiger partial charge in [0.1, 0.15) is 18.5 Å². The van der Waals surface area contributed by atoms with Crippen molar-refractivity contribution in [2.45, 2.75) is 11.4 Å². The molecule has 2 aliphatic heterocycles. The first-order valence-electron chi connectivity index (χ1n) is 7.44. The van der Waals surface area contributed by atoms with Gasteiger partial charge in [-0.15, -0.1) is 11.8 Å². The fraction of sp³-hybridized carbons (Fsp3) is 0.333. The fourth-order valence-corrected chi connectivity index (χ4v) is 4.04. The zero-order chi connectivity index (χ0) is 18.8. The second-order valence-electron chi connectivity index (χ2n) is 5.36. The van der Waals surface area contributed by atoms with Crippen LogP contribution in [0.15, 0.2) is 39.2 Å². The number of rotatable bonds is 6. The Bertz CT molecular complexity index is 808. The van der Waals surface area contributed by atoms with Crippen molar-refractivity contribution in [2.24, 2.45) is 5.16 Å². The number of carbonyl (C=O) groups excluding carboxylic acids is 3. The summed E-state index contributed by atoms with van der Waals surface area (Å²) in [5, 5.41) is 26.1. The minimum atomic E-state index is -1.55. The summed E-state index contributed by atoms with van der Waals surface area (Å²) in [5.74, 6) is -2.50. The summed E-state index contributed by atoms with van der Waals surface area (Å²) in [4.78, 5) is 41.8. The van der Waals surface area contributed by atoms with E-state index in [1.807, 2.05) is 0 Å². The largest absolute Gasteiger partial charge is 1.00 e. The van der Waals surface area contributed by atoms with Crippen molar-refractivity contribution < 1.29 is 85.2 Å². The topological polar surface area (TPSA) is 144 Å². The number of aliphatic hydroxyl groups is 1. The third-order valence-electron chi connectivity index (χ3n) is 3.87. The van der Waals surface area contributed by atoms with Gasteiger partial charge in [0.2, 0.25) is 5.71 Å². The van der Waals surface area contributed by atoms with Crippen molar-refractivity contribution >= 4 is 35.3 Å². The number of carboxylic acid groups (broad SMARTS) is 1. The van der Waals surface area contributed by atoms with Gasteiger partial charge >= 0.3 is 51.4 Å². The van der Waals surface area contributed by atoms with E-state index in [1.54, 1.807) is 6.07 Å². The standard InChI is InChI=1S/C15H15N3O7S.K/c1-24-17-9(8-3-2-4-25-8)12(20)16-10-13(21)18-11(15(22)23)7(5-19)6-26-14(10)18;/h2-4,10,14,19H,5-6H2,1H3,(H,16,20)(H,22,23);/q;+1/p-1/b17-9-;/t10-,14-;/m1./s1. The van der Waals surface area contributed by atoms with E-state index in [0.29, 0.717) is 0 Å². The zero-order valence-electron chi connectivity index (χ0n) is 14.5. The van der Waals surface area contributed by atoms with Crippen LogP contribution in [0.1, 0.15) is 5.76 Å². The SMILES string of the molecule is CO/N=C(\C(=O)N[C@@H]1C(=O)N2C(C(=O)[O-])=C(CO)CS[C@H]12)c1ccco1.[K+]. The molecule has 27 heavy (non-hydrogen) atoms. The van der Waals surface area contributed by atoms with Crippen molar-refractivity contribution in [3.8, 4) is 0 Å². The van der Waals surface area contributed by atoms with Crippen LogP contribution in [-0.4, -0.2) is 64.4 Å². The molecule has 10 nitrogen and oxygen atoms in total. The number of carboxylic acids is 1. The summed E-state index contributed by atoms with van der Waals surface area (Å²) in [6.45, 7) is -0.493. The van der Waals surface area contributed by atoms with E-state index in [1.165, 1.54) is 31.2 Å². The molecule has 1 aromatic heterocycles. The van der Waals surface area contributed by atoms with Gasteiger partial charge in [0.25, 0.3) is 11.8 Å². The molecule has 12 heteroatoms. The Morgan fingerprint density at radius 2 is 2.30 bits per heavy atom. The van der Waals surface area contributed by atoms with E-state index in [-0.39, 0.29) is 79.9 Å². The second kappa shape index (κ2) is 9.36. The molecule has 0 spiro atoms. The molecule has 0 aliphatic carbocycles. The van der Waals surface area contributed by atoms with E-state index in [4.69, 9.17) is 4.42 Å². The van der Waals surface area contributed by atoms with Crippen LogP contribution >= 0.6 is 11.8 Å². The third kappa shape index (κ3) is 4.16. The van der Waals surface area contributed by atoms with Crippen molar-refractivity contribution in [1.82, 2.24) is 10.2 Å². The molecule has 3 rings (SSSR count). The summed E-state index contributed by atoms with van der Waals surface area (Å²) >= 11 is 1.23. The number of thioether (sulfide) groups is 1. The number of hydrogen-bond acceptors (Lipinski definition) is 9. The Morgan fingerprint density at radius 1 is 1.56 bits per heavy atom. The van der Waals surface area contributed by atoms with Gasteiger partial charge in [0.05, 0.1) is 24.5 Å². The predicted octanol–water partition coefficient (Wildman–Crippen LogP) is -4.97. The number of amides is 2. The number of β-lactam (4-membered cyclic amide) rings is 1. The first-order valence-corrected chi connectivity index (χ1v) is 8.49. The molecule has 2 amide bonds. The smallest absolute Gasteiger partial charge is 0.543 e. The van der Waals surface area contributed by atoms with E-state index in [0.717, 1.165) is 4.90 Å². The van der Waals surface area contributed by atoms with Crippen LogP contribution in [0.2, 0.25) is 0 Å². The molecule has 3 heterocycles. The van der Waals surface area contributed by atoms with Crippen LogP contribution in [0.4, 0.5) is 0 Å². The first-order chi connectivity index (χ1) is 12.5. The van der Waals surface area contributed by atoms with Crippen LogP contribution in [0, 0.1) is 0 Å². The molecule has 2 aliphatic rings.